The molecule has 1 heterocycles. The van der Waals surface area contributed by atoms with Gasteiger partial charge < -0.3 is 0 Å². The van der Waals surface area contributed by atoms with Gasteiger partial charge in [-0.3, -0.25) is 4.98 Å². The van der Waals surface area contributed by atoms with E-state index < -0.39 is 0 Å². The van der Waals surface area contributed by atoms with Crippen molar-refractivity contribution in [3.63, 3.8) is 0 Å². The van der Waals surface area contributed by atoms with Gasteiger partial charge >= 0.3 is 0 Å². The van der Waals surface area contributed by atoms with E-state index in [0.717, 1.165) is 17.0 Å². The van der Waals surface area contributed by atoms with Gasteiger partial charge in [0.15, 0.2) is 0 Å². The first-order chi connectivity index (χ1) is 9.19. The second-order valence-electron chi connectivity index (χ2n) is 5.98. The molecule has 2 aliphatic carbocycles. The Kier molecular flexibility index (Phi) is 2.46. The predicted octanol–water partition coefficient (Wildman–Crippen LogP) is 4.88. The molecule has 0 spiro atoms. The summed E-state index contributed by atoms with van der Waals surface area (Å²) in [5.74, 6) is 1.36. The number of benzene rings is 1. The van der Waals surface area contributed by atoms with Crippen molar-refractivity contribution in [3.05, 3.63) is 52.2 Å². The third kappa shape index (κ3) is 1.88. The molecule has 0 unspecified atom stereocenters. The summed E-state index contributed by atoms with van der Waals surface area (Å²) in [5, 5.41) is 1.99. The van der Waals surface area contributed by atoms with Crippen LogP contribution in [0.25, 0.3) is 10.9 Å². The maximum absolute atomic E-state index is 6.07. The third-order valence-corrected chi connectivity index (χ3v) is 4.70. The number of rotatable bonds is 0. The molecule has 0 fully saturated rings. The minimum atomic E-state index is 0.673. The largest absolute Gasteiger partial charge is 0.252 e. The topological polar surface area (TPSA) is 12.9 Å². The molecular formula is C17H16ClN. The lowest BCUT2D eigenvalue weighted by atomic mass is 9.72. The minimum absolute atomic E-state index is 0.673. The highest BCUT2D eigenvalue weighted by atomic mass is 35.5. The molecule has 0 saturated heterocycles. The van der Waals surface area contributed by atoms with Gasteiger partial charge in [-0.2, -0.15) is 0 Å². The second kappa shape index (κ2) is 4.08. The summed E-state index contributed by atoms with van der Waals surface area (Å²) < 4.78 is 0. The van der Waals surface area contributed by atoms with Gasteiger partial charge in [-0.05, 0) is 61.8 Å². The number of hydrogen-bond donors (Lipinski definition) is 0. The van der Waals surface area contributed by atoms with E-state index in [1.54, 1.807) is 5.57 Å². The highest BCUT2D eigenvalue weighted by Crippen LogP contribution is 2.43. The van der Waals surface area contributed by atoms with Crippen molar-refractivity contribution in [2.45, 2.75) is 32.1 Å². The van der Waals surface area contributed by atoms with Crippen molar-refractivity contribution >= 4 is 22.5 Å². The summed E-state index contributed by atoms with van der Waals surface area (Å²) in [4.78, 5) is 4.87. The van der Waals surface area contributed by atoms with Crippen LogP contribution >= 0.6 is 11.6 Å². The number of allylic oxidation sites excluding steroid dienone is 2. The van der Waals surface area contributed by atoms with Crippen LogP contribution in [0.5, 0.6) is 0 Å². The Morgan fingerprint density at radius 3 is 3.00 bits per heavy atom. The van der Waals surface area contributed by atoms with Crippen LogP contribution in [0.4, 0.5) is 0 Å². The minimum Gasteiger partial charge on any atom is -0.252 e. The Labute approximate surface area is 118 Å². The molecule has 1 nitrogen and oxygen atoms in total. The zero-order valence-electron chi connectivity index (χ0n) is 11.0. The summed E-state index contributed by atoms with van der Waals surface area (Å²) in [6.07, 6.45) is 6.03. The molecule has 2 bridgehead atoms. The van der Waals surface area contributed by atoms with E-state index in [2.05, 4.69) is 25.1 Å². The molecule has 1 aromatic carbocycles. The smallest absolute Gasteiger partial charge is 0.0720 e. The van der Waals surface area contributed by atoms with E-state index >= 15 is 0 Å². The SMILES string of the molecule is CC1=C[C@@H]2Cc3nc4cc(Cl)ccc4cc3[C@H](C1)C2. The van der Waals surface area contributed by atoms with Crippen molar-refractivity contribution in [1.82, 2.24) is 4.98 Å². The van der Waals surface area contributed by atoms with Gasteiger partial charge in [0.1, 0.15) is 0 Å². The van der Waals surface area contributed by atoms with E-state index in [-0.39, 0.29) is 0 Å². The molecule has 0 N–H and O–H groups in total. The average Bonchev–Trinajstić information content (AvgIpc) is 2.36. The fourth-order valence-corrected chi connectivity index (χ4v) is 3.88. The van der Waals surface area contributed by atoms with Gasteiger partial charge in [0.2, 0.25) is 0 Å². The van der Waals surface area contributed by atoms with Crippen LogP contribution in [-0.2, 0) is 6.42 Å². The highest BCUT2D eigenvalue weighted by Gasteiger charge is 2.30. The predicted molar refractivity (Wildman–Crippen MR) is 79.7 cm³/mol. The van der Waals surface area contributed by atoms with Crippen LogP contribution in [0.1, 0.15) is 36.9 Å². The van der Waals surface area contributed by atoms with Crippen LogP contribution in [0, 0.1) is 5.92 Å². The highest BCUT2D eigenvalue weighted by molar-refractivity contribution is 6.31. The second-order valence-corrected chi connectivity index (χ2v) is 6.41. The summed E-state index contributed by atoms with van der Waals surface area (Å²) in [6.45, 7) is 2.26. The normalized spacial score (nSPS) is 25.1. The molecule has 4 rings (SSSR count). The number of hydrogen-bond acceptors (Lipinski definition) is 1. The van der Waals surface area contributed by atoms with Crippen molar-refractivity contribution < 1.29 is 0 Å². The van der Waals surface area contributed by atoms with Gasteiger partial charge in [0.25, 0.3) is 0 Å². The maximum atomic E-state index is 6.07. The van der Waals surface area contributed by atoms with Crippen LogP contribution in [0.15, 0.2) is 35.9 Å². The Balaban J connectivity index is 1.91. The molecule has 2 aliphatic rings. The van der Waals surface area contributed by atoms with Gasteiger partial charge in [-0.25, -0.2) is 0 Å². The fraction of sp³-hybridized carbons (Fsp3) is 0.353. The lowest BCUT2D eigenvalue weighted by Crippen LogP contribution is -2.22. The van der Waals surface area contributed by atoms with Crippen LogP contribution in [-0.4, -0.2) is 4.98 Å². The van der Waals surface area contributed by atoms with Gasteiger partial charge in [0, 0.05) is 16.1 Å². The Morgan fingerprint density at radius 1 is 1.21 bits per heavy atom. The molecule has 96 valence electrons. The Bertz CT molecular complexity index is 702. The van der Waals surface area contributed by atoms with Gasteiger partial charge in [-0.1, -0.05) is 29.3 Å². The van der Waals surface area contributed by atoms with Crippen molar-refractivity contribution in [2.24, 2.45) is 5.92 Å². The molecule has 2 aromatic rings. The first-order valence-corrected chi connectivity index (χ1v) is 7.33. The zero-order chi connectivity index (χ0) is 13.0. The molecule has 2 heteroatoms. The standard InChI is InChI=1S/C17H16ClN/c1-10-4-11-6-13(5-10)15-8-12-2-3-14(18)9-16(12)19-17(15)7-11/h2-4,8-9,11,13H,5-7H2,1H3/t11-,13+/m0/s1. The molecule has 0 amide bonds. The van der Waals surface area contributed by atoms with Gasteiger partial charge in [0.05, 0.1) is 5.52 Å². The zero-order valence-corrected chi connectivity index (χ0v) is 11.7. The fourth-order valence-electron chi connectivity index (χ4n) is 3.72. The quantitative estimate of drug-likeness (QED) is 0.621. The molecule has 0 radical (unpaired) electrons. The lowest BCUT2D eigenvalue weighted by Gasteiger charge is -2.34. The number of fused-ring (bicyclic) bond motifs is 5. The van der Waals surface area contributed by atoms with Crippen LogP contribution < -0.4 is 0 Å². The molecule has 0 saturated carbocycles. The molecular weight excluding hydrogens is 254 g/mol. The van der Waals surface area contributed by atoms with E-state index in [9.17, 15) is 0 Å². The summed E-state index contributed by atoms with van der Waals surface area (Å²) in [7, 11) is 0. The van der Waals surface area contributed by atoms with E-state index in [4.69, 9.17) is 16.6 Å². The molecule has 2 atom stereocenters. The number of pyridine rings is 1. The maximum Gasteiger partial charge on any atom is 0.0720 e. The van der Waals surface area contributed by atoms with E-state index in [1.165, 1.54) is 29.5 Å². The van der Waals surface area contributed by atoms with Crippen molar-refractivity contribution in [3.8, 4) is 0 Å². The molecule has 1 aromatic heterocycles. The molecule has 0 aliphatic heterocycles. The third-order valence-electron chi connectivity index (χ3n) is 4.46. The number of nitrogens with zero attached hydrogens (tertiary/aromatic N) is 1. The van der Waals surface area contributed by atoms with E-state index in [0.29, 0.717) is 11.8 Å². The molecule has 19 heavy (non-hydrogen) atoms. The number of halogens is 1. The number of aromatic nitrogens is 1. The summed E-state index contributed by atoms with van der Waals surface area (Å²) in [5.41, 5.74) is 5.34. The first-order valence-electron chi connectivity index (χ1n) is 6.95. The summed E-state index contributed by atoms with van der Waals surface area (Å²) in [6, 6.07) is 8.36. The van der Waals surface area contributed by atoms with E-state index in [1.807, 2.05) is 12.1 Å². The monoisotopic (exact) mass is 269 g/mol. The average molecular weight is 270 g/mol. The lowest BCUT2D eigenvalue weighted by molar-refractivity contribution is 0.432. The summed E-state index contributed by atoms with van der Waals surface area (Å²) >= 11 is 6.07. The first kappa shape index (κ1) is 11.5. The Morgan fingerprint density at radius 2 is 2.11 bits per heavy atom. The van der Waals surface area contributed by atoms with Crippen molar-refractivity contribution in [1.29, 1.82) is 0 Å². The van der Waals surface area contributed by atoms with Crippen molar-refractivity contribution in [2.75, 3.05) is 0 Å². The van der Waals surface area contributed by atoms with Gasteiger partial charge in [-0.15, -0.1) is 0 Å². The van der Waals surface area contributed by atoms with Crippen LogP contribution in [0.3, 0.4) is 0 Å². The Hall–Kier alpha value is -1.34. The van der Waals surface area contributed by atoms with Crippen LogP contribution in [0.2, 0.25) is 5.02 Å².